The zero-order valence-electron chi connectivity index (χ0n) is 17.2. The smallest absolute Gasteiger partial charge is 0.163 e. The highest BCUT2D eigenvalue weighted by Gasteiger charge is 2.30. The van der Waals surface area contributed by atoms with Crippen molar-refractivity contribution in [1.29, 1.82) is 0 Å². The minimum atomic E-state index is -0.271. The molecule has 0 radical (unpaired) electrons. The van der Waals surface area contributed by atoms with Crippen LogP contribution in [-0.2, 0) is 11.3 Å². The number of aromatic nitrogens is 3. The number of fused-ring (bicyclic) bond motifs is 3. The van der Waals surface area contributed by atoms with Crippen LogP contribution in [0.15, 0.2) is 41.4 Å². The van der Waals surface area contributed by atoms with E-state index in [-0.39, 0.29) is 18.8 Å². The van der Waals surface area contributed by atoms with Crippen molar-refractivity contribution in [2.45, 2.75) is 39.5 Å². The Hall–Kier alpha value is -2.41. The number of hydrogen-bond acceptors (Lipinski definition) is 5. The maximum absolute atomic E-state index is 6.71. The van der Waals surface area contributed by atoms with Gasteiger partial charge in [-0.25, -0.2) is 0 Å². The highest BCUT2D eigenvalue weighted by Crippen LogP contribution is 2.38. The summed E-state index contributed by atoms with van der Waals surface area (Å²) in [5, 5.41) is 9.74. The molecular formula is C22H22Cl2N4O2. The van der Waals surface area contributed by atoms with Gasteiger partial charge in [-0.1, -0.05) is 35.3 Å². The fraction of sp³-hybridized carbons (Fsp3) is 0.318. The number of ether oxygens (including phenoxy) is 2. The Kier molecular flexibility index (Phi) is 5.82. The lowest BCUT2D eigenvalue weighted by atomic mass is 10.00. The molecular weight excluding hydrogens is 423 g/mol. The Morgan fingerprint density at radius 2 is 1.87 bits per heavy atom. The molecule has 0 aliphatic carbocycles. The fourth-order valence-electron chi connectivity index (χ4n) is 3.58. The van der Waals surface area contributed by atoms with Crippen LogP contribution in [0.5, 0.6) is 5.75 Å². The van der Waals surface area contributed by atoms with Gasteiger partial charge in [-0.2, -0.15) is 0 Å². The number of methoxy groups -OCH3 is 1. The van der Waals surface area contributed by atoms with Gasteiger partial charge in [0.2, 0.25) is 0 Å². The standard InChI is InChI=1S/C22H22Cl2N4O2/c1-12(2)30-15-7-5-6-14(10-15)20-19-16(23)8-9-17(24)21(19)28-18(11-29-4)26-27-22(28)13(3)25-20/h5-10,12-13H,11H2,1-4H3. The molecule has 0 N–H and O–H groups in total. The first-order chi connectivity index (χ1) is 14.4. The van der Waals surface area contributed by atoms with E-state index in [9.17, 15) is 0 Å². The third-order valence-corrected chi connectivity index (χ3v) is 5.36. The molecule has 0 spiro atoms. The van der Waals surface area contributed by atoms with Crippen molar-refractivity contribution >= 4 is 28.9 Å². The molecule has 0 saturated heterocycles. The summed E-state index contributed by atoms with van der Waals surface area (Å²) in [5.74, 6) is 2.08. The monoisotopic (exact) mass is 444 g/mol. The van der Waals surface area contributed by atoms with E-state index in [0.717, 1.165) is 22.6 Å². The minimum Gasteiger partial charge on any atom is -0.491 e. The Morgan fingerprint density at radius 1 is 1.10 bits per heavy atom. The number of benzene rings is 2. The summed E-state index contributed by atoms with van der Waals surface area (Å²) in [5.41, 5.74) is 3.05. The number of hydrogen-bond donors (Lipinski definition) is 0. The second kappa shape index (κ2) is 8.38. The van der Waals surface area contributed by atoms with Crippen molar-refractivity contribution in [2.75, 3.05) is 7.11 Å². The minimum absolute atomic E-state index is 0.0631. The lowest BCUT2D eigenvalue weighted by molar-refractivity contribution is 0.176. The van der Waals surface area contributed by atoms with Crippen molar-refractivity contribution in [3.8, 4) is 11.4 Å². The van der Waals surface area contributed by atoms with E-state index >= 15 is 0 Å². The Labute approximate surface area is 185 Å². The molecule has 30 heavy (non-hydrogen) atoms. The summed E-state index contributed by atoms with van der Waals surface area (Å²) in [6.45, 7) is 6.24. The molecule has 3 aromatic rings. The molecule has 1 unspecified atom stereocenters. The summed E-state index contributed by atoms with van der Waals surface area (Å²) in [6.07, 6.45) is 0.0631. The first-order valence-corrected chi connectivity index (χ1v) is 10.4. The van der Waals surface area contributed by atoms with Crippen molar-refractivity contribution in [3.63, 3.8) is 0 Å². The molecule has 2 heterocycles. The molecule has 0 bridgehead atoms. The summed E-state index contributed by atoms with van der Waals surface area (Å²) < 4.78 is 13.1. The van der Waals surface area contributed by atoms with Crippen molar-refractivity contribution in [1.82, 2.24) is 14.8 Å². The van der Waals surface area contributed by atoms with Crippen LogP contribution in [-0.4, -0.2) is 33.7 Å². The van der Waals surface area contributed by atoms with Crippen LogP contribution in [0, 0.1) is 0 Å². The van der Waals surface area contributed by atoms with Gasteiger partial charge in [-0.3, -0.25) is 9.56 Å². The van der Waals surface area contributed by atoms with E-state index in [4.69, 9.17) is 37.7 Å². The summed E-state index contributed by atoms with van der Waals surface area (Å²) in [6, 6.07) is 11.1. The van der Waals surface area contributed by atoms with Gasteiger partial charge in [0, 0.05) is 18.2 Å². The number of rotatable bonds is 5. The number of aliphatic imine (C=N–C) groups is 1. The molecule has 1 atom stereocenters. The Morgan fingerprint density at radius 3 is 2.60 bits per heavy atom. The van der Waals surface area contributed by atoms with Gasteiger partial charge < -0.3 is 9.47 Å². The fourth-order valence-corrected chi connectivity index (χ4v) is 4.06. The van der Waals surface area contributed by atoms with Gasteiger partial charge in [-0.15, -0.1) is 10.2 Å². The molecule has 156 valence electrons. The zero-order valence-corrected chi connectivity index (χ0v) is 18.7. The van der Waals surface area contributed by atoms with Crippen LogP contribution >= 0.6 is 23.2 Å². The first-order valence-electron chi connectivity index (χ1n) is 9.67. The van der Waals surface area contributed by atoms with Crippen molar-refractivity contribution < 1.29 is 9.47 Å². The predicted molar refractivity (Wildman–Crippen MR) is 118 cm³/mol. The average Bonchev–Trinajstić information content (AvgIpc) is 3.05. The second-order valence-corrected chi connectivity index (χ2v) is 8.16. The number of halogens is 2. The molecule has 4 rings (SSSR count). The summed E-state index contributed by atoms with van der Waals surface area (Å²) in [4.78, 5) is 4.98. The summed E-state index contributed by atoms with van der Waals surface area (Å²) >= 11 is 13.4. The first kappa shape index (κ1) is 20.8. The SMILES string of the molecule is COCc1nnc2n1-c1c(Cl)ccc(Cl)c1C(c1cccc(OC(C)C)c1)=NC2C. The predicted octanol–water partition coefficient (Wildman–Crippen LogP) is 5.42. The molecule has 8 heteroatoms. The molecule has 1 aliphatic heterocycles. The lowest BCUT2D eigenvalue weighted by Gasteiger charge is -2.17. The highest BCUT2D eigenvalue weighted by atomic mass is 35.5. The average molecular weight is 445 g/mol. The Bertz CT molecular complexity index is 1120. The molecule has 0 saturated carbocycles. The van der Waals surface area contributed by atoms with Gasteiger partial charge in [0.1, 0.15) is 18.4 Å². The highest BCUT2D eigenvalue weighted by molar-refractivity contribution is 6.39. The largest absolute Gasteiger partial charge is 0.491 e. The van der Waals surface area contributed by atoms with Gasteiger partial charge in [0.05, 0.1) is 27.5 Å². The van der Waals surface area contributed by atoms with Gasteiger partial charge in [0.15, 0.2) is 11.6 Å². The quantitative estimate of drug-likeness (QED) is 0.526. The third kappa shape index (κ3) is 3.71. The molecule has 0 fully saturated rings. The van der Waals surface area contributed by atoms with E-state index in [1.54, 1.807) is 19.2 Å². The van der Waals surface area contributed by atoms with Crippen LogP contribution < -0.4 is 4.74 Å². The number of nitrogens with zero attached hydrogens (tertiary/aromatic N) is 4. The lowest BCUT2D eigenvalue weighted by Crippen LogP contribution is -2.12. The van der Waals surface area contributed by atoms with Crippen LogP contribution in [0.25, 0.3) is 5.69 Å². The molecule has 1 aromatic heterocycles. The van der Waals surface area contributed by atoms with Crippen LogP contribution in [0.3, 0.4) is 0 Å². The Balaban J connectivity index is 1.98. The van der Waals surface area contributed by atoms with E-state index in [1.165, 1.54) is 0 Å². The molecule has 6 nitrogen and oxygen atoms in total. The van der Waals surface area contributed by atoms with Crippen molar-refractivity contribution in [3.05, 3.63) is 69.2 Å². The van der Waals surface area contributed by atoms with Crippen LogP contribution in [0.4, 0.5) is 0 Å². The van der Waals surface area contributed by atoms with E-state index in [1.807, 2.05) is 49.6 Å². The van der Waals surface area contributed by atoms with Crippen molar-refractivity contribution in [2.24, 2.45) is 4.99 Å². The normalized spacial score (nSPS) is 15.4. The van der Waals surface area contributed by atoms with Crippen LogP contribution in [0.2, 0.25) is 10.0 Å². The zero-order chi connectivity index (χ0) is 21.4. The molecule has 1 aliphatic rings. The van der Waals surface area contributed by atoms with Gasteiger partial charge >= 0.3 is 0 Å². The second-order valence-electron chi connectivity index (χ2n) is 7.34. The van der Waals surface area contributed by atoms with Crippen LogP contribution in [0.1, 0.15) is 49.6 Å². The third-order valence-electron chi connectivity index (χ3n) is 4.74. The summed E-state index contributed by atoms with van der Waals surface area (Å²) in [7, 11) is 1.62. The van der Waals surface area contributed by atoms with Gasteiger partial charge in [0.25, 0.3) is 0 Å². The molecule has 2 aromatic carbocycles. The van der Waals surface area contributed by atoms with E-state index in [0.29, 0.717) is 27.4 Å². The maximum atomic E-state index is 6.71. The van der Waals surface area contributed by atoms with E-state index in [2.05, 4.69) is 10.2 Å². The molecule has 0 amide bonds. The maximum Gasteiger partial charge on any atom is 0.163 e. The topological polar surface area (TPSA) is 61.5 Å². The van der Waals surface area contributed by atoms with E-state index < -0.39 is 0 Å². The van der Waals surface area contributed by atoms with Gasteiger partial charge in [-0.05, 0) is 45.0 Å².